The van der Waals surface area contributed by atoms with Crippen molar-refractivity contribution in [2.24, 2.45) is 50.2 Å². The minimum atomic E-state index is -2.28. The smallest absolute Gasteiger partial charge is 0.187 e. The highest BCUT2D eigenvalue weighted by Gasteiger charge is 2.70. The van der Waals surface area contributed by atoms with Crippen LogP contribution in [0, 0.1) is 50.2 Å². The molecular formula is C48H80O18. The number of aliphatic hydroxyl groups excluding tert-OH is 11. The van der Waals surface area contributed by atoms with E-state index in [0.29, 0.717) is 12.8 Å². The number of fused-ring (bicyclic) bond motifs is 7. The Morgan fingerprint density at radius 3 is 1.91 bits per heavy atom. The summed E-state index contributed by atoms with van der Waals surface area (Å²) in [7, 11) is 0. The molecule has 0 radical (unpaired) electrons. The summed E-state index contributed by atoms with van der Waals surface area (Å²) in [4.78, 5) is 0. The molecule has 0 aromatic rings. The van der Waals surface area contributed by atoms with E-state index in [1.807, 2.05) is 6.92 Å². The van der Waals surface area contributed by atoms with Crippen molar-refractivity contribution in [1.82, 2.24) is 0 Å². The summed E-state index contributed by atoms with van der Waals surface area (Å²) in [5.41, 5.74) is 0.0172. The van der Waals surface area contributed by atoms with E-state index in [1.54, 1.807) is 0 Å². The van der Waals surface area contributed by atoms with Crippen molar-refractivity contribution in [1.29, 1.82) is 0 Å². The van der Waals surface area contributed by atoms with Crippen LogP contribution in [0.5, 0.6) is 0 Å². The van der Waals surface area contributed by atoms with Gasteiger partial charge in [0.05, 0.1) is 31.5 Å². The van der Waals surface area contributed by atoms with Crippen molar-refractivity contribution >= 4 is 0 Å². The van der Waals surface area contributed by atoms with Gasteiger partial charge in [-0.3, -0.25) is 0 Å². The van der Waals surface area contributed by atoms with Crippen LogP contribution in [0.1, 0.15) is 113 Å². The number of hydrogen-bond donors (Lipinski definition) is 12. The topological polar surface area (TPSA) is 298 Å². The molecule has 18 heteroatoms. The standard InChI is InChI=1S/C48H80O18/c1-21-29(52)31(54)35(58)40(61-21)65-37-32(55)30(53)24(19-49)62-41(37)66-38-34(57)33(56)36(39(59)60)64-42(38)63-28-12-13-45(5)25(46(28,6)20-50)11-14-48(8)26(45)10-9-22-23-17-43(2,3)18-27(51)44(23,4)15-16-47(22,48)7/h9,21,23-42,49-60H,10-20H2,1-8H3. The number of rotatable bonds is 9. The van der Waals surface area contributed by atoms with Gasteiger partial charge < -0.3 is 89.7 Å². The van der Waals surface area contributed by atoms with Gasteiger partial charge in [0.2, 0.25) is 0 Å². The van der Waals surface area contributed by atoms with Gasteiger partial charge >= 0.3 is 0 Å². The van der Waals surface area contributed by atoms with Crippen LogP contribution in [0.3, 0.4) is 0 Å². The number of hydrogen-bond acceptors (Lipinski definition) is 18. The van der Waals surface area contributed by atoms with Gasteiger partial charge in [0.15, 0.2) is 25.2 Å². The zero-order chi connectivity index (χ0) is 48.4. The van der Waals surface area contributed by atoms with Crippen molar-refractivity contribution in [3.8, 4) is 0 Å². The molecule has 66 heavy (non-hydrogen) atoms. The molecule has 0 spiro atoms. The lowest BCUT2D eigenvalue weighted by atomic mass is 9.33. The van der Waals surface area contributed by atoms with E-state index in [-0.39, 0.29) is 57.5 Å². The van der Waals surface area contributed by atoms with Crippen LogP contribution >= 0.6 is 0 Å². The highest BCUT2D eigenvalue weighted by molar-refractivity contribution is 5.34. The molecule has 3 heterocycles. The first-order chi connectivity index (χ1) is 30.7. The normalized spacial score (nSPS) is 56.1. The van der Waals surface area contributed by atoms with Gasteiger partial charge in [0.1, 0.15) is 67.1 Å². The first-order valence-corrected chi connectivity index (χ1v) is 24.4. The SMILES string of the molecule is CC1OC(OC2C(OC3C(OC4CCC5(C)C(CCC6(C)C5CC=C5C7CC(C)(C)CC(O)C7(C)CCC56C)C4(C)CO)OC(C(O)O)C(O)C3O)OC(CO)C(O)C2O)C(O)C(O)C1O. The first-order valence-electron chi connectivity index (χ1n) is 24.4. The summed E-state index contributed by atoms with van der Waals surface area (Å²) in [6.45, 7) is 16.4. The van der Waals surface area contributed by atoms with Gasteiger partial charge in [-0.05, 0) is 104 Å². The largest absolute Gasteiger partial charge is 0.396 e. The van der Waals surface area contributed by atoms with Crippen molar-refractivity contribution in [3.05, 3.63) is 11.6 Å². The van der Waals surface area contributed by atoms with Crippen molar-refractivity contribution in [3.63, 3.8) is 0 Å². The van der Waals surface area contributed by atoms with E-state index in [4.69, 9.17) is 28.4 Å². The lowest BCUT2D eigenvalue weighted by Crippen LogP contribution is -2.68. The first kappa shape index (κ1) is 51.4. The van der Waals surface area contributed by atoms with Gasteiger partial charge in [-0.25, -0.2) is 0 Å². The fourth-order valence-electron chi connectivity index (χ4n) is 15.2. The van der Waals surface area contributed by atoms with Crippen LogP contribution in [0.15, 0.2) is 11.6 Å². The Morgan fingerprint density at radius 1 is 0.636 bits per heavy atom. The summed E-state index contributed by atoms with van der Waals surface area (Å²) in [6.07, 6.45) is -19.1. The van der Waals surface area contributed by atoms with Gasteiger partial charge in [-0.2, -0.15) is 0 Å². The number of allylic oxidation sites excluding steroid dienone is 2. The summed E-state index contributed by atoms with van der Waals surface area (Å²) in [5.74, 6) is 0.475. The van der Waals surface area contributed by atoms with Crippen LogP contribution in [-0.4, -0.2) is 185 Å². The minimum absolute atomic E-state index is 0.0213. The second-order valence-corrected chi connectivity index (χ2v) is 23.7. The molecule has 25 unspecified atom stereocenters. The van der Waals surface area contributed by atoms with Gasteiger partial charge in [-0.1, -0.05) is 60.1 Å². The Bertz CT molecular complexity index is 1770. The number of ether oxygens (including phenoxy) is 6. The highest BCUT2D eigenvalue weighted by Crippen LogP contribution is 2.76. The van der Waals surface area contributed by atoms with E-state index in [0.717, 1.165) is 44.9 Å². The Hall–Kier alpha value is -0.980. The zero-order valence-electron chi connectivity index (χ0n) is 39.8. The maximum Gasteiger partial charge on any atom is 0.187 e. The van der Waals surface area contributed by atoms with Crippen LogP contribution < -0.4 is 0 Å². The maximum absolute atomic E-state index is 11.7. The average molecular weight is 945 g/mol. The van der Waals surface area contributed by atoms with Crippen molar-refractivity contribution < 1.29 is 89.7 Å². The van der Waals surface area contributed by atoms with Gasteiger partial charge in [0.25, 0.3) is 0 Å². The van der Waals surface area contributed by atoms with Crippen molar-refractivity contribution in [2.75, 3.05) is 13.2 Å². The van der Waals surface area contributed by atoms with E-state index in [2.05, 4.69) is 47.6 Å². The summed E-state index contributed by atoms with van der Waals surface area (Å²) in [5, 5.41) is 130. The quantitative estimate of drug-likeness (QED) is 0.0818. The molecule has 25 atom stereocenters. The minimum Gasteiger partial charge on any atom is -0.396 e. The maximum atomic E-state index is 11.7. The lowest BCUT2D eigenvalue weighted by Gasteiger charge is -2.72. The molecule has 12 N–H and O–H groups in total. The fourth-order valence-corrected chi connectivity index (χ4v) is 15.2. The molecular weight excluding hydrogens is 865 g/mol. The van der Waals surface area contributed by atoms with Crippen LogP contribution in [0.25, 0.3) is 0 Å². The summed E-state index contributed by atoms with van der Waals surface area (Å²) in [6, 6.07) is 0. The zero-order valence-corrected chi connectivity index (χ0v) is 39.8. The third kappa shape index (κ3) is 7.91. The molecule has 0 bridgehead atoms. The second kappa shape index (κ2) is 17.9. The molecule has 0 amide bonds. The Balaban J connectivity index is 1.07. The molecule has 5 aliphatic carbocycles. The molecule has 4 saturated carbocycles. The fraction of sp³-hybridized carbons (Fsp3) is 0.958. The van der Waals surface area contributed by atoms with Crippen molar-refractivity contribution in [2.45, 2.75) is 224 Å². The van der Waals surface area contributed by atoms with Crippen LogP contribution in [0.4, 0.5) is 0 Å². The third-order valence-electron chi connectivity index (χ3n) is 19.6. The Morgan fingerprint density at radius 2 is 1.27 bits per heavy atom. The molecule has 3 saturated heterocycles. The van der Waals surface area contributed by atoms with E-state index < -0.39 is 117 Å². The van der Waals surface area contributed by atoms with Crippen LogP contribution in [0.2, 0.25) is 0 Å². The molecule has 0 aromatic heterocycles. The van der Waals surface area contributed by atoms with E-state index in [1.165, 1.54) is 12.5 Å². The highest BCUT2D eigenvalue weighted by atomic mass is 16.8. The molecule has 0 aromatic carbocycles. The molecule has 3 aliphatic heterocycles. The predicted octanol–water partition coefficient (Wildman–Crippen LogP) is -0.0693. The molecule has 380 valence electrons. The van der Waals surface area contributed by atoms with E-state index in [9.17, 15) is 61.3 Å². The van der Waals surface area contributed by atoms with Gasteiger partial charge in [0, 0.05) is 10.8 Å². The lowest BCUT2D eigenvalue weighted by molar-refractivity contribution is -0.404. The van der Waals surface area contributed by atoms with E-state index >= 15 is 0 Å². The van der Waals surface area contributed by atoms with Crippen LogP contribution in [-0.2, 0) is 28.4 Å². The molecule has 7 fully saturated rings. The molecule has 8 rings (SSSR count). The number of aliphatic hydroxyl groups is 12. The molecule has 18 nitrogen and oxygen atoms in total. The monoisotopic (exact) mass is 945 g/mol. The van der Waals surface area contributed by atoms with Gasteiger partial charge in [-0.15, -0.1) is 0 Å². The molecule has 8 aliphatic rings. The average Bonchev–Trinajstić information content (AvgIpc) is 3.25. The Labute approximate surface area is 387 Å². The second-order valence-electron chi connectivity index (χ2n) is 23.7. The summed E-state index contributed by atoms with van der Waals surface area (Å²) >= 11 is 0. The summed E-state index contributed by atoms with van der Waals surface area (Å²) < 4.78 is 36.4. The predicted molar refractivity (Wildman–Crippen MR) is 231 cm³/mol. The Kier molecular flexibility index (Phi) is 14.0. The third-order valence-corrected chi connectivity index (χ3v) is 19.6.